The summed E-state index contributed by atoms with van der Waals surface area (Å²) in [4.78, 5) is 37.2. The number of carbonyl (C=O) groups is 3. The lowest BCUT2D eigenvalue weighted by Gasteiger charge is -2.33. The van der Waals surface area contributed by atoms with Crippen LogP contribution in [0.15, 0.2) is 24.3 Å². The molecule has 148 valence electrons. The first kappa shape index (κ1) is 20.5. The third-order valence-electron chi connectivity index (χ3n) is 3.93. The Bertz CT molecular complexity index is 699. The number of piperidine rings is 1. The minimum atomic E-state index is -0.575. The minimum absolute atomic E-state index is 0.171. The van der Waals surface area contributed by atoms with Crippen LogP contribution in [-0.2, 0) is 14.3 Å². The van der Waals surface area contributed by atoms with Gasteiger partial charge >= 0.3 is 6.09 Å². The molecule has 0 saturated carbocycles. The molecule has 27 heavy (non-hydrogen) atoms. The summed E-state index contributed by atoms with van der Waals surface area (Å²) >= 11 is 0. The molecule has 1 aliphatic heterocycles. The lowest BCUT2D eigenvalue weighted by Crippen LogP contribution is -2.45. The Morgan fingerprint density at radius 2 is 2.04 bits per heavy atom. The van der Waals surface area contributed by atoms with Gasteiger partial charge in [0.15, 0.2) is 6.61 Å². The van der Waals surface area contributed by atoms with Crippen molar-refractivity contribution in [2.24, 2.45) is 11.7 Å². The molecular formula is C19H27N3O5. The largest absolute Gasteiger partial charge is 0.484 e. The van der Waals surface area contributed by atoms with E-state index >= 15 is 0 Å². The second kappa shape index (κ2) is 8.75. The fourth-order valence-electron chi connectivity index (χ4n) is 2.75. The Morgan fingerprint density at radius 3 is 2.70 bits per heavy atom. The maximum atomic E-state index is 12.6. The number of primary amides is 1. The fourth-order valence-corrected chi connectivity index (χ4v) is 2.75. The van der Waals surface area contributed by atoms with Gasteiger partial charge in [-0.25, -0.2) is 4.79 Å². The molecule has 0 aliphatic carbocycles. The Labute approximate surface area is 159 Å². The predicted molar refractivity (Wildman–Crippen MR) is 100 cm³/mol. The highest BCUT2D eigenvalue weighted by atomic mass is 16.6. The van der Waals surface area contributed by atoms with Crippen LogP contribution in [0.25, 0.3) is 0 Å². The predicted octanol–water partition coefficient (Wildman–Crippen LogP) is 2.14. The first-order valence-corrected chi connectivity index (χ1v) is 8.94. The van der Waals surface area contributed by atoms with E-state index in [1.165, 1.54) is 0 Å². The number of benzene rings is 1. The van der Waals surface area contributed by atoms with Gasteiger partial charge in [-0.3, -0.25) is 9.59 Å². The normalized spacial score (nSPS) is 17.1. The lowest BCUT2D eigenvalue weighted by atomic mass is 9.97. The van der Waals surface area contributed by atoms with E-state index < -0.39 is 17.6 Å². The van der Waals surface area contributed by atoms with Crippen molar-refractivity contribution in [3.8, 4) is 5.75 Å². The standard InChI is InChI=1S/C19H27N3O5/c1-19(2,3)27-18(25)22-9-5-6-13(11-22)17(24)21-14-7-4-8-15(10-14)26-12-16(20)23/h4,7-8,10,13H,5-6,9,11-12H2,1-3H3,(H2,20,23)(H,21,24). The van der Waals surface area contributed by atoms with Gasteiger partial charge in [0.25, 0.3) is 5.91 Å². The highest BCUT2D eigenvalue weighted by molar-refractivity contribution is 5.93. The summed E-state index contributed by atoms with van der Waals surface area (Å²) in [5, 5.41) is 2.83. The molecule has 0 radical (unpaired) electrons. The average Bonchev–Trinajstić information content (AvgIpc) is 2.59. The number of likely N-dealkylation sites (tertiary alicyclic amines) is 1. The maximum Gasteiger partial charge on any atom is 0.410 e. The van der Waals surface area contributed by atoms with Gasteiger partial charge in [0.2, 0.25) is 5.91 Å². The third-order valence-corrected chi connectivity index (χ3v) is 3.93. The van der Waals surface area contributed by atoms with Crippen molar-refractivity contribution < 1.29 is 23.9 Å². The second-order valence-corrected chi connectivity index (χ2v) is 7.54. The van der Waals surface area contributed by atoms with E-state index in [0.717, 1.165) is 6.42 Å². The summed E-state index contributed by atoms with van der Waals surface area (Å²) in [6.07, 6.45) is 1.03. The van der Waals surface area contributed by atoms with Crippen molar-refractivity contribution in [2.75, 3.05) is 25.0 Å². The summed E-state index contributed by atoms with van der Waals surface area (Å²) in [6, 6.07) is 6.72. The van der Waals surface area contributed by atoms with Gasteiger partial charge in [-0.15, -0.1) is 0 Å². The van der Waals surface area contributed by atoms with Crippen LogP contribution in [0.3, 0.4) is 0 Å². The molecule has 8 nitrogen and oxygen atoms in total. The van der Waals surface area contributed by atoms with Crippen molar-refractivity contribution in [3.05, 3.63) is 24.3 Å². The molecule has 0 bridgehead atoms. The smallest absolute Gasteiger partial charge is 0.410 e. The molecule has 3 N–H and O–H groups in total. The van der Waals surface area contributed by atoms with E-state index in [2.05, 4.69) is 5.32 Å². The van der Waals surface area contributed by atoms with Gasteiger partial charge in [0.05, 0.1) is 5.92 Å². The molecule has 1 fully saturated rings. The van der Waals surface area contributed by atoms with Gasteiger partial charge in [-0.05, 0) is 45.7 Å². The fraction of sp³-hybridized carbons (Fsp3) is 0.526. The van der Waals surface area contributed by atoms with E-state index in [4.69, 9.17) is 15.2 Å². The van der Waals surface area contributed by atoms with Crippen LogP contribution >= 0.6 is 0 Å². The highest BCUT2D eigenvalue weighted by Gasteiger charge is 2.31. The molecule has 3 amide bonds. The van der Waals surface area contributed by atoms with Gasteiger partial charge in [0.1, 0.15) is 11.4 Å². The number of hydrogen-bond donors (Lipinski definition) is 2. The van der Waals surface area contributed by atoms with Crippen LogP contribution in [-0.4, -0.2) is 48.1 Å². The van der Waals surface area contributed by atoms with Crippen LogP contribution in [0.2, 0.25) is 0 Å². The van der Waals surface area contributed by atoms with Gasteiger partial charge < -0.3 is 25.4 Å². The van der Waals surface area contributed by atoms with E-state index in [1.54, 1.807) is 29.2 Å². The summed E-state index contributed by atoms with van der Waals surface area (Å²) in [5.41, 5.74) is 5.04. The van der Waals surface area contributed by atoms with Crippen LogP contribution in [0.5, 0.6) is 5.75 Å². The number of carbonyl (C=O) groups excluding carboxylic acids is 3. The molecule has 1 unspecified atom stereocenters. The van der Waals surface area contributed by atoms with Crippen molar-refractivity contribution in [3.63, 3.8) is 0 Å². The Balaban J connectivity index is 1.94. The molecule has 1 heterocycles. The molecule has 0 spiro atoms. The summed E-state index contributed by atoms with van der Waals surface area (Å²) < 4.78 is 10.6. The number of anilines is 1. The van der Waals surface area contributed by atoms with Crippen molar-refractivity contribution >= 4 is 23.6 Å². The quantitative estimate of drug-likeness (QED) is 0.817. The molecule has 1 aliphatic rings. The van der Waals surface area contributed by atoms with E-state index in [1.807, 2.05) is 20.8 Å². The molecule has 1 saturated heterocycles. The van der Waals surface area contributed by atoms with Crippen LogP contribution in [0.4, 0.5) is 10.5 Å². The number of rotatable bonds is 5. The van der Waals surface area contributed by atoms with E-state index in [-0.39, 0.29) is 18.4 Å². The zero-order valence-corrected chi connectivity index (χ0v) is 16.0. The van der Waals surface area contributed by atoms with Crippen LogP contribution in [0.1, 0.15) is 33.6 Å². The topological polar surface area (TPSA) is 111 Å². The second-order valence-electron chi connectivity index (χ2n) is 7.54. The summed E-state index contributed by atoms with van der Waals surface area (Å²) in [6.45, 7) is 6.10. The Kier molecular flexibility index (Phi) is 6.65. The SMILES string of the molecule is CC(C)(C)OC(=O)N1CCCC(C(=O)Nc2cccc(OCC(N)=O)c2)C1. The molecule has 2 rings (SSSR count). The van der Waals surface area contributed by atoms with Crippen molar-refractivity contribution in [1.82, 2.24) is 4.90 Å². The highest BCUT2D eigenvalue weighted by Crippen LogP contribution is 2.22. The van der Waals surface area contributed by atoms with E-state index in [0.29, 0.717) is 30.9 Å². The van der Waals surface area contributed by atoms with Crippen LogP contribution in [0, 0.1) is 5.92 Å². The zero-order valence-electron chi connectivity index (χ0n) is 16.0. The molecule has 1 aromatic carbocycles. The number of nitrogens with zero attached hydrogens (tertiary/aromatic N) is 1. The molecule has 0 aromatic heterocycles. The number of amides is 3. The first-order chi connectivity index (χ1) is 12.6. The zero-order chi connectivity index (χ0) is 20.0. The average molecular weight is 377 g/mol. The number of hydrogen-bond acceptors (Lipinski definition) is 5. The molecule has 8 heteroatoms. The van der Waals surface area contributed by atoms with Gasteiger partial charge in [0, 0.05) is 24.8 Å². The third kappa shape index (κ3) is 6.80. The monoisotopic (exact) mass is 377 g/mol. The Morgan fingerprint density at radius 1 is 1.30 bits per heavy atom. The van der Waals surface area contributed by atoms with E-state index in [9.17, 15) is 14.4 Å². The number of nitrogens with two attached hydrogens (primary N) is 1. The number of nitrogens with one attached hydrogen (secondary N) is 1. The van der Waals surface area contributed by atoms with Crippen molar-refractivity contribution in [2.45, 2.75) is 39.2 Å². The summed E-state index contributed by atoms with van der Waals surface area (Å²) in [5.74, 6) is -0.628. The molecule has 1 atom stereocenters. The Hall–Kier alpha value is -2.77. The van der Waals surface area contributed by atoms with Gasteiger partial charge in [-0.2, -0.15) is 0 Å². The first-order valence-electron chi connectivity index (χ1n) is 8.94. The van der Waals surface area contributed by atoms with Crippen molar-refractivity contribution in [1.29, 1.82) is 0 Å². The maximum absolute atomic E-state index is 12.6. The van der Waals surface area contributed by atoms with Gasteiger partial charge in [-0.1, -0.05) is 6.07 Å². The number of ether oxygens (including phenoxy) is 2. The minimum Gasteiger partial charge on any atom is -0.484 e. The molecular weight excluding hydrogens is 350 g/mol. The summed E-state index contributed by atoms with van der Waals surface area (Å²) in [7, 11) is 0. The lowest BCUT2D eigenvalue weighted by molar-refractivity contribution is -0.121. The van der Waals surface area contributed by atoms with Crippen LogP contribution < -0.4 is 15.8 Å². The molecule has 1 aromatic rings.